The molecule has 0 aliphatic heterocycles. The molecule has 25 heavy (non-hydrogen) atoms. The predicted molar refractivity (Wildman–Crippen MR) is 97.9 cm³/mol. The van der Waals surface area contributed by atoms with Gasteiger partial charge >= 0.3 is 0 Å². The molecule has 4 N–H and O–H groups in total. The topological polar surface area (TPSA) is 75.4 Å². The molecule has 4 nitrogen and oxygen atoms in total. The fraction of sp³-hybridized carbons (Fsp3) is 0.381. The Kier molecular flexibility index (Phi) is 4.00. The molecule has 0 heterocycles. The van der Waals surface area contributed by atoms with Crippen LogP contribution in [0.15, 0.2) is 48.5 Å². The van der Waals surface area contributed by atoms with E-state index in [1.165, 1.54) is 6.42 Å². The van der Waals surface area contributed by atoms with Crippen LogP contribution in [-0.4, -0.2) is 17.1 Å². The molecule has 0 radical (unpaired) electrons. The lowest BCUT2D eigenvalue weighted by Crippen LogP contribution is -2.56. The van der Waals surface area contributed by atoms with E-state index in [1.807, 2.05) is 36.4 Å². The van der Waals surface area contributed by atoms with Crippen LogP contribution in [0.5, 0.6) is 5.75 Å². The summed E-state index contributed by atoms with van der Waals surface area (Å²) in [5.74, 6) is 0.381. The molecule has 2 aliphatic rings. The highest BCUT2D eigenvalue weighted by molar-refractivity contribution is 5.89. The number of carbonyl (C=O) groups excluding carboxylic acids is 1. The molecule has 2 aliphatic carbocycles. The number of carbonyl (C=O) groups is 1. The summed E-state index contributed by atoms with van der Waals surface area (Å²) in [6, 6.07) is 15.3. The zero-order valence-electron chi connectivity index (χ0n) is 14.2. The van der Waals surface area contributed by atoms with Gasteiger partial charge in [0.2, 0.25) is 5.91 Å². The quantitative estimate of drug-likeness (QED) is 0.784. The second kappa shape index (κ2) is 6.19. The molecule has 0 aromatic heterocycles. The number of nitrogens with two attached hydrogens (primary N) is 1. The van der Waals surface area contributed by atoms with Crippen molar-refractivity contribution < 1.29 is 9.90 Å². The average molecular weight is 336 g/mol. The van der Waals surface area contributed by atoms with Crippen molar-refractivity contribution in [1.29, 1.82) is 0 Å². The smallest absolute Gasteiger partial charge is 0.245 e. The van der Waals surface area contributed by atoms with Crippen molar-refractivity contribution in [2.75, 3.05) is 0 Å². The van der Waals surface area contributed by atoms with Gasteiger partial charge in [-0.3, -0.25) is 4.79 Å². The van der Waals surface area contributed by atoms with Gasteiger partial charge in [-0.15, -0.1) is 0 Å². The Morgan fingerprint density at radius 3 is 2.32 bits per heavy atom. The van der Waals surface area contributed by atoms with Crippen LogP contribution in [0.3, 0.4) is 0 Å². The Morgan fingerprint density at radius 1 is 1.04 bits per heavy atom. The number of aromatic hydroxyl groups is 1. The standard InChI is InChI=1S/C21H24N2O2/c22-21(16-10-11-16,20(25)23-18-7-3-8-18)17-6-1-4-14(12-17)15-5-2-9-19(24)13-15/h1-2,4-6,9,12-13,16,18,24H,3,7-8,10-11,22H2,(H,23,25). The van der Waals surface area contributed by atoms with Crippen LogP contribution in [0, 0.1) is 5.92 Å². The van der Waals surface area contributed by atoms with Crippen molar-refractivity contribution in [3.05, 3.63) is 54.1 Å². The van der Waals surface area contributed by atoms with E-state index in [4.69, 9.17) is 5.73 Å². The Labute approximate surface area is 148 Å². The number of hydrogen-bond acceptors (Lipinski definition) is 3. The highest BCUT2D eigenvalue weighted by Gasteiger charge is 2.49. The molecule has 0 spiro atoms. The number of phenolic OH excluding ortho intramolecular Hbond substituents is 1. The summed E-state index contributed by atoms with van der Waals surface area (Å²) in [6.07, 6.45) is 5.26. The highest BCUT2D eigenvalue weighted by Crippen LogP contribution is 2.45. The van der Waals surface area contributed by atoms with Crippen molar-refractivity contribution in [3.63, 3.8) is 0 Å². The number of hydrogen-bond donors (Lipinski definition) is 3. The molecular weight excluding hydrogens is 312 g/mol. The molecule has 2 aromatic carbocycles. The van der Waals surface area contributed by atoms with Gasteiger partial charge in [0.25, 0.3) is 0 Å². The third-order valence-corrected chi connectivity index (χ3v) is 5.56. The van der Waals surface area contributed by atoms with E-state index < -0.39 is 5.54 Å². The Hall–Kier alpha value is -2.33. The maximum atomic E-state index is 13.0. The fourth-order valence-electron chi connectivity index (χ4n) is 3.59. The molecule has 130 valence electrons. The van der Waals surface area contributed by atoms with Crippen LogP contribution in [0.2, 0.25) is 0 Å². The van der Waals surface area contributed by atoms with E-state index in [2.05, 4.69) is 5.32 Å². The van der Waals surface area contributed by atoms with Gasteiger partial charge in [-0.25, -0.2) is 0 Å². The molecule has 4 heteroatoms. The highest BCUT2D eigenvalue weighted by atomic mass is 16.3. The predicted octanol–water partition coefficient (Wildman–Crippen LogP) is 3.29. The van der Waals surface area contributed by atoms with Crippen LogP contribution in [0.25, 0.3) is 11.1 Å². The lowest BCUT2D eigenvalue weighted by molar-refractivity contribution is -0.128. The molecule has 1 unspecified atom stereocenters. The zero-order chi connectivity index (χ0) is 17.4. The lowest BCUT2D eigenvalue weighted by atomic mass is 9.82. The van der Waals surface area contributed by atoms with E-state index in [-0.39, 0.29) is 23.6 Å². The van der Waals surface area contributed by atoms with Gasteiger partial charge < -0.3 is 16.2 Å². The number of rotatable bonds is 5. The van der Waals surface area contributed by atoms with Crippen LogP contribution in [0.1, 0.15) is 37.7 Å². The molecule has 2 saturated carbocycles. The largest absolute Gasteiger partial charge is 0.508 e. The Morgan fingerprint density at radius 2 is 1.72 bits per heavy atom. The molecule has 4 rings (SSSR count). The molecule has 2 fully saturated rings. The maximum absolute atomic E-state index is 13.0. The van der Waals surface area contributed by atoms with Crippen LogP contribution in [0.4, 0.5) is 0 Å². The normalized spacial score (nSPS) is 19.7. The second-order valence-electron chi connectivity index (χ2n) is 7.38. The maximum Gasteiger partial charge on any atom is 0.245 e. The fourth-order valence-corrected chi connectivity index (χ4v) is 3.59. The molecule has 1 atom stereocenters. The summed E-state index contributed by atoms with van der Waals surface area (Å²) in [6.45, 7) is 0. The summed E-state index contributed by atoms with van der Waals surface area (Å²) in [7, 11) is 0. The van der Waals surface area contributed by atoms with Gasteiger partial charge in [-0.2, -0.15) is 0 Å². The summed E-state index contributed by atoms with van der Waals surface area (Å²) in [5.41, 5.74) is 8.47. The first kappa shape index (κ1) is 16.2. The van der Waals surface area contributed by atoms with Crippen molar-refractivity contribution in [3.8, 4) is 16.9 Å². The van der Waals surface area contributed by atoms with E-state index in [0.29, 0.717) is 0 Å². The van der Waals surface area contributed by atoms with Gasteiger partial charge in [-0.05, 0) is 72.9 Å². The molecular formula is C21H24N2O2. The van der Waals surface area contributed by atoms with E-state index in [0.717, 1.165) is 42.4 Å². The van der Waals surface area contributed by atoms with Crippen molar-refractivity contribution in [2.24, 2.45) is 11.7 Å². The summed E-state index contributed by atoms with van der Waals surface area (Å²) >= 11 is 0. The summed E-state index contributed by atoms with van der Waals surface area (Å²) in [4.78, 5) is 13.0. The third kappa shape index (κ3) is 3.02. The van der Waals surface area contributed by atoms with Gasteiger partial charge in [0.15, 0.2) is 0 Å². The molecule has 0 bridgehead atoms. The van der Waals surface area contributed by atoms with Crippen molar-refractivity contribution >= 4 is 5.91 Å². The van der Waals surface area contributed by atoms with Crippen LogP contribution >= 0.6 is 0 Å². The van der Waals surface area contributed by atoms with E-state index in [1.54, 1.807) is 12.1 Å². The first-order valence-corrected chi connectivity index (χ1v) is 9.07. The zero-order valence-corrected chi connectivity index (χ0v) is 14.2. The molecule has 0 saturated heterocycles. The van der Waals surface area contributed by atoms with Gasteiger partial charge in [-0.1, -0.05) is 30.3 Å². The van der Waals surface area contributed by atoms with Crippen LogP contribution < -0.4 is 11.1 Å². The summed E-state index contributed by atoms with van der Waals surface area (Å²) < 4.78 is 0. The Bertz CT molecular complexity index is 796. The van der Waals surface area contributed by atoms with Gasteiger partial charge in [0, 0.05) is 6.04 Å². The minimum Gasteiger partial charge on any atom is -0.508 e. The van der Waals surface area contributed by atoms with Gasteiger partial charge in [0.1, 0.15) is 11.3 Å². The van der Waals surface area contributed by atoms with Crippen molar-refractivity contribution in [1.82, 2.24) is 5.32 Å². The van der Waals surface area contributed by atoms with Gasteiger partial charge in [0.05, 0.1) is 0 Å². The molecule has 2 aromatic rings. The number of benzene rings is 2. The van der Waals surface area contributed by atoms with Crippen LogP contribution in [-0.2, 0) is 10.3 Å². The number of amides is 1. The second-order valence-corrected chi connectivity index (χ2v) is 7.38. The van der Waals surface area contributed by atoms with E-state index in [9.17, 15) is 9.90 Å². The number of nitrogens with one attached hydrogen (secondary N) is 1. The average Bonchev–Trinajstić information content (AvgIpc) is 3.42. The third-order valence-electron chi connectivity index (χ3n) is 5.56. The summed E-state index contributed by atoms with van der Waals surface area (Å²) in [5, 5.41) is 12.9. The molecule has 1 amide bonds. The first-order chi connectivity index (χ1) is 12.1. The minimum atomic E-state index is -0.970. The Balaban J connectivity index is 1.68. The number of phenols is 1. The monoisotopic (exact) mass is 336 g/mol. The first-order valence-electron chi connectivity index (χ1n) is 9.07. The van der Waals surface area contributed by atoms with Crippen molar-refractivity contribution in [2.45, 2.75) is 43.7 Å². The van der Waals surface area contributed by atoms with E-state index >= 15 is 0 Å². The minimum absolute atomic E-state index is 0.0484. The SMILES string of the molecule is NC(C(=O)NC1CCC1)(c1cccc(-c2cccc(O)c2)c1)C1CC1. The lowest BCUT2D eigenvalue weighted by Gasteiger charge is -2.34.